The van der Waals surface area contributed by atoms with Gasteiger partial charge in [0.2, 0.25) is 0 Å². The zero-order chi connectivity index (χ0) is 17.3. The predicted octanol–water partition coefficient (Wildman–Crippen LogP) is 2.49. The summed E-state index contributed by atoms with van der Waals surface area (Å²) in [6.07, 6.45) is 5.20. The molecule has 2 aliphatic heterocycles. The van der Waals surface area contributed by atoms with Crippen LogP contribution in [0.2, 0.25) is 5.02 Å². The first kappa shape index (κ1) is 16.7. The normalized spacial score (nSPS) is 20.6. The van der Waals surface area contributed by atoms with Crippen LogP contribution in [0.4, 0.5) is 11.4 Å². The van der Waals surface area contributed by atoms with E-state index in [0.29, 0.717) is 18.3 Å². The van der Waals surface area contributed by atoms with Crippen LogP contribution in [0.25, 0.3) is 0 Å². The second kappa shape index (κ2) is 6.78. The number of halogens is 1. The lowest BCUT2D eigenvalue weighted by atomic mass is 10.1. The average molecular weight is 352 g/mol. The second-order valence-corrected chi connectivity index (χ2v) is 6.29. The molecule has 1 atom stereocenters. The number of anilines is 1. The van der Waals surface area contributed by atoms with Crippen molar-refractivity contribution in [3.63, 3.8) is 0 Å². The highest BCUT2D eigenvalue weighted by molar-refractivity contribution is 6.34. The number of hydrogen-bond acceptors (Lipinski definition) is 6. The van der Waals surface area contributed by atoms with Crippen molar-refractivity contribution in [2.45, 2.75) is 12.5 Å². The van der Waals surface area contributed by atoms with Crippen molar-refractivity contribution >= 4 is 28.9 Å². The average Bonchev–Trinajstić information content (AvgIpc) is 3.24. The quantitative estimate of drug-likeness (QED) is 0.359. The third-order valence-electron chi connectivity index (χ3n) is 4.53. The lowest BCUT2D eigenvalue weighted by Crippen LogP contribution is -2.35. The molecular weight excluding hydrogens is 334 g/mol. The topological polar surface area (TPSA) is 75.9 Å². The highest BCUT2D eigenvalue weighted by Crippen LogP contribution is 2.36. The van der Waals surface area contributed by atoms with Gasteiger partial charge in [0.1, 0.15) is 5.69 Å². The van der Waals surface area contributed by atoms with Crippen molar-refractivity contribution < 1.29 is 14.5 Å². The molecule has 0 aliphatic carbocycles. The number of hydrogen-bond donors (Lipinski definition) is 0. The molecule has 1 unspecified atom stereocenters. The molecule has 3 rings (SSSR count). The van der Waals surface area contributed by atoms with E-state index < -0.39 is 10.9 Å². The molecular formula is C16H18ClN3O4. The Morgan fingerprint density at radius 2 is 2.08 bits per heavy atom. The number of carbonyl (C=O) groups excluding carboxylic acids is 1. The molecule has 1 aromatic rings. The number of nitro benzene ring substituents is 1. The Kier molecular flexibility index (Phi) is 4.73. The summed E-state index contributed by atoms with van der Waals surface area (Å²) in [6.45, 7) is 3.26. The highest BCUT2D eigenvalue weighted by atomic mass is 35.5. The van der Waals surface area contributed by atoms with Gasteiger partial charge in [-0.1, -0.05) is 23.8 Å². The fraction of sp³-hybridized carbons (Fsp3) is 0.438. The molecule has 0 amide bonds. The fourth-order valence-electron chi connectivity index (χ4n) is 3.27. The molecule has 0 spiro atoms. The summed E-state index contributed by atoms with van der Waals surface area (Å²) in [5.41, 5.74) is 0.335. The van der Waals surface area contributed by atoms with Crippen LogP contribution in [0.15, 0.2) is 24.3 Å². The number of esters is 1. The Labute approximate surface area is 144 Å². The van der Waals surface area contributed by atoms with Crippen LogP contribution in [0.1, 0.15) is 16.8 Å². The van der Waals surface area contributed by atoms with Crippen LogP contribution in [-0.2, 0) is 4.74 Å². The van der Waals surface area contributed by atoms with E-state index in [2.05, 4.69) is 21.8 Å². The van der Waals surface area contributed by atoms with Crippen LogP contribution in [0.3, 0.4) is 0 Å². The lowest BCUT2D eigenvalue weighted by molar-refractivity contribution is -0.384. The Morgan fingerprint density at radius 3 is 2.71 bits per heavy atom. The van der Waals surface area contributed by atoms with E-state index in [1.54, 1.807) is 0 Å². The maximum atomic E-state index is 11.7. The van der Waals surface area contributed by atoms with Crippen LogP contribution in [-0.4, -0.2) is 55.1 Å². The van der Waals surface area contributed by atoms with Crippen molar-refractivity contribution in [1.29, 1.82) is 0 Å². The molecule has 2 aliphatic rings. The molecule has 0 aromatic heterocycles. The lowest BCUT2D eigenvalue weighted by Gasteiger charge is -2.24. The van der Waals surface area contributed by atoms with Gasteiger partial charge in [0.15, 0.2) is 0 Å². The van der Waals surface area contributed by atoms with Crippen LogP contribution in [0, 0.1) is 10.1 Å². The number of nitro groups is 1. The fourth-order valence-corrected chi connectivity index (χ4v) is 3.50. The van der Waals surface area contributed by atoms with Crippen molar-refractivity contribution in [3.05, 3.63) is 45.0 Å². The van der Waals surface area contributed by atoms with Gasteiger partial charge in [-0.05, 0) is 12.5 Å². The highest BCUT2D eigenvalue weighted by Gasteiger charge is 2.32. The minimum Gasteiger partial charge on any atom is -0.465 e. The molecule has 0 N–H and O–H groups in total. The maximum Gasteiger partial charge on any atom is 0.339 e. The van der Waals surface area contributed by atoms with Gasteiger partial charge in [-0.3, -0.25) is 15.0 Å². The van der Waals surface area contributed by atoms with Crippen molar-refractivity contribution in [2.24, 2.45) is 0 Å². The Morgan fingerprint density at radius 1 is 1.38 bits per heavy atom. The van der Waals surface area contributed by atoms with Gasteiger partial charge in [-0.2, -0.15) is 0 Å². The van der Waals surface area contributed by atoms with E-state index in [9.17, 15) is 14.9 Å². The molecule has 8 heteroatoms. The van der Waals surface area contributed by atoms with E-state index in [1.165, 1.54) is 19.2 Å². The summed E-state index contributed by atoms with van der Waals surface area (Å²) in [5.74, 6) is -0.683. The van der Waals surface area contributed by atoms with Gasteiger partial charge in [0.05, 0.1) is 22.6 Å². The van der Waals surface area contributed by atoms with Crippen molar-refractivity contribution in [1.82, 2.24) is 4.90 Å². The van der Waals surface area contributed by atoms with Gasteiger partial charge >= 0.3 is 5.97 Å². The van der Waals surface area contributed by atoms with Gasteiger partial charge < -0.3 is 9.64 Å². The van der Waals surface area contributed by atoms with Gasteiger partial charge in [0.25, 0.3) is 5.69 Å². The first-order chi connectivity index (χ1) is 11.5. The number of carbonyl (C=O) groups is 1. The molecule has 128 valence electrons. The van der Waals surface area contributed by atoms with Crippen LogP contribution < -0.4 is 4.90 Å². The predicted molar refractivity (Wildman–Crippen MR) is 90.8 cm³/mol. The standard InChI is InChI=1S/C16H18ClN3O4/c1-24-16(21)12-8-15(20(22)23)14(9-13(12)17)19-7-4-11(10-19)18-5-2-3-6-18/h2-3,8-9,11H,4-7,10H2,1H3. The molecule has 1 aromatic carbocycles. The van der Waals surface area contributed by atoms with Crippen molar-refractivity contribution in [2.75, 3.05) is 38.2 Å². The zero-order valence-corrected chi connectivity index (χ0v) is 14.0. The first-order valence-corrected chi connectivity index (χ1v) is 8.09. The summed E-state index contributed by atoms with van der Waals surface area (Å²) in [7, 11) is 1.22. The third kappa shape index (κ3) is 3.09. The molecule has 2 heterocycles. The van der Waals surface area contributed by atoms with E-state index in [-0.39, 0.29) is 16.3 Å². The van der Waals surface area contributed by atoms with Crippen LogP contribution in [0.5, 0.6) is 0 Å². The molecule has 7 nitrogen and oxygen atoms in total. The molecule has 0 radical (unpaired) electrons. The smallest absolute Gasteiger partial charge is 0.339 e. The van der Waals surface area contributed by atoms with E-state index in [0.717, 1.165) is 26.1 Å². The molecule has 0 bridgehead atoms. The number of rotatable bonds is 4. The minimum absolute atomic E-state index is 0.00843. The largest absolute Gasteiger partial charge is 0.465 e. The van der Waals surface area contributed by atoms with Gasteiger partial charge in [-0.15, -0.1) is 0 Å². The van der Waals surface area contributed by atoms with E-state index >= 15 is 0 Å². The van der Waals surface area contributed by atoms with Gasteiger partial charge in [-0.25, -0.2) is 4.79 Å². The SMILES string of the molecule is COC(=O)c1cc([N+](=O)[O-])c(N2CCC(N3CC=CC3)C2)cc1Cl. The zero-order valence-electron chi connectivity index (χ0n) is 13.3. The molecule has 1 fully saturated rings. The van der Waals surface area contributed by atoms with Crippen LogP contribution >= 0.6 is 11.6 Å². The Balaban J connectivity index is 1.88. The molecule has 0 saturated carbocycles. The van der Waals surface area contributed by atoms with E-state index in [1.807, 2.05) is 4.90 Å². The van der Waals surface area contributed by atoms with Gasteiger partial charge in [0, 0.05) is 38.3 Å². The summed E-state index contributed by atoms with van der Waals surface area (Å²) >= 11 is 6.15. The third-order valence-corrected chi connectivity index (χ3v) is 4.85. The second-order valence-electron chi connectivity index (χ2n) is 5.88. The maximum absolute atomic E-state index is 11.7. The summed E-state index contributed by atoms with van der Waals surface area (Å²) < 4.78 is 4.63. The number of ether oxygens (including phenoxy) is 1. The Hall–Kier alpha value is -2.12. The van der Waals surface area contributed by atoms with E-state index in [4.69, 9.17) is 11.6 Å². The number of methoxy groups -OCH3 is 1. The monoisotopic (exact) mass is 351 g/mol. The number of benzene rings is 1. The summed E-state index contributed by atoms with van der Waals surface area (Å²) in [4.78, 5) is 27.0. The van der Waals surface area contributed by atoms with Crippen molar-refractivity contribution in [3.8, 4) is 0 Å². The molecule has 24 heavy (non-hydrogen) atoms. The molecule has 1 saturated heterocycles. The summed E-state index contributed by atoms with van der Waals surface area (Å²) in [5, 5.41) is 11.6. The number of nitrogens with zero attached hydrogens (tertiary/aromatic N) is 3. The Bertz CT molecular complexity index is 699. The summed E-state index contributed by atoms with van der Waals surface area (Å²) in [6, 6.07) is 3.06. The minimum atomic E-state index is -0.683. The first-order valence-electron chi connectivity index (χ1n) is 7.71.